The van der Waals surface area contributed by atoms with E-state index in [4.69, 9.17) is 16.3 Å². The molecule has 36 heavy (non-hydrogen) atoms. The number of hydrogen-bond acceptors (Lipinski definition) is 4. The molecule has 6 nitrogen and oxygen atoms in total. The molecule has 1 saturated carbocycles. The molecule has 0 aliphatic heterocycles. The van der Waals surface area contributed by atoms with Crippen LogP contribution in [0.4, 0.5) is 29.1 Å². The molecule has 2 aromatic carbocycles. The summed E-state index contributed by atoms with van der Waals surface area (Å²) in [5, 5.41) is 4.77. The normalized spacial score (nSPS) is 13.2. The lowest BCUT2D eigenvalue weighted by Gasteiger charge is -2.12. The van der Waals surface area contributed by atoms with Crippen molar-refractivity contribution in [3.8, 4) is 11.5 Å². The van der Waals surface area contributed by atoms with Crippen LogP contribution in [0.1, 0.15) is 30.4 Å². The fraction of sp³-hybridized carbons (Fsp3) is 0.240. The maximum absolute atomic E-state index is 14.6. The number of amides is 2. The van der Waals surface area contributed by atoms with E-state index in [9.17, 15) is 27.2 Å². The van der Waals surface area contributed by atoms with Gasteiger partial charge in [-0.3, -0.25) is 9.59 Å². The van der Waals surface area contributed by atoms with Gasteiger partial charge in [-0.1, -0.05) is 17.7 Å². The second kappa shape index (κ2) is 10.5. The van der Waals surface area contributed by atoms with Crippen LogP contribution in [0.5, 0.6) is 11.5 Å². The van der Waals surface area contributed by atoms with Crippen LogP contribution in [0.15, 0.2) is 54.7 Å². The molecule has 2 amide bonds. The molecule has 0 unspecified atom stereocenters. The zero-order chi connectivity index (χ0) is 25.9. The molecule has 1 fully saturated rings. The maximum atomic E-state index is 14.6. The smallest absolute Gasteiger partial charge is 0.417 e. The van der Waals surface area contributed by atoms with Crippen LogP contribution < -0.4 is 15.4 Å². The van der Waals surface area contributed by atoms with Crippen LogP contribution in [0.2, 0.25) is 5.02 Å². The molecule has 11 heteroatoms. The highest BCUT2D eigenvalue weighted by Crippen LogP contribution is 2.35. The number of halogens is 5. The van der Waals surface area contributed by atoms with Crippen molar-refractivity contribution in [1.82, 2.24) is 4.98 Å². The number of carbonyl (C=O) groups excluding carboxylic acids is 2. The highest BCUT2D eigenvalue weighted by atomic mass is 35.5. The Morgan fingerprint density at radius 3 is 2.53 bits per heavy atom. The molecular formula is C25H20ClF4N3O3. The molecule has 0 radical (unpaired) electrons. The lowest BCUT2D eigenvalue weighted by atomic mass is 10.1. The zero-order valence-electron chi connectivity index (χ0n) is 18.7. The van der Waals surface area contributed by atoms with E-state index in [-0.39, 0.29) is 47.7 Å². The minimum Gasteiger partial charge on any atom is -0.454 e. The molecule has 188 valence electrons. The molecule has 0 spiro atoms. The van der Waals surface area contributed by atoms with Crippen molar-refractivity contribution in [2.24, 2.45) is 5.92 Å². The van der Waals surface area contributed by atoms with E-state index in [1.54, 1.807) is 0 Å². The fourth-order valence-corrected chi connectivity index (χ4v) is 3.56. The summed E-state index contributed by atoms with van der Waals surface area (Å²) < 4.78 is 59.1. The Hall–Kier alpha value is -3.66. The van der Waals surface area contributed by atoms with Gasteiger partial charge in [0.1, 0.15) is 11.6 Å². The number of pyridine rings is 1. The highest BCUT2D eigenvalue weighted by Gasteiger charge is 2.33. The number of aromatic nitrogens is 1. The molecule has 0 bridgehead atoms. The number of hydrogen-bond donors (Lipinski definition) is 2. The molecule has 1 aliphatic carbocycles. The predicted molar refractivity (Wildman–Crippen MR) is 125 cm³/mol. The van der Waals surface area contributed by atoms with E-state index in [1.165, 1.54) is 36.5 Å². The Kier molecular flexibility index (Phi) is 7.44. The van der Waals surface area contributed by atoms with Crippen molar-refractivity contribution in [3.63, 3.8) is 0 Å². The van der Waals surface area contributed by atoms with Crippen molar-refractivity contribution in [3.05, 3.63) is 76.7 Å². The summed E-state index contributed by atoms with van der Waals surface area (Å²) in [5.74, 6) is -0.940. The van der Waals surface area contributed by atoms with Gasteiger partial charge in [0, 0.05) is 36.4 Å². The largest absolute Gasteiger partial charge is 0.454 e. The summed E-state index contributed by atoms with van der Waals surface area (Å²) in [6.07, 6.45) is -1.57. The van der Waals surface area contributed by atoms with Gasteiger partial charge in [-0.15, -0.1) is 0 Å². The average molecular weight is 522 g/mol. The zero-order valence-corrected chi connectivity index (χ0v) is 19.4. The third kappa shape index (κ3) is 6.72. The Balaban J connectivity index is 1.33. The van der Waals surface area contributed by atoms with Gasteiger partial charge >= 0.3 is 6.18 Å². The van der Waals surface area contributed by atoms with Gasteiger partial charge in [-0.2, -0.15) is 13.2 Å². The molecular weight excluding hydrogens is 502 g/mol. The molecule has 0 atom stereocenters. The first-order valence-electron chi connectivity index (χ1n) is 11.0. The van der Waals surface area contributed by atoms with E-state index in [2.05, 4.69) is 15.6 Å². The minimum absolute atomic E-state index is 0.000115. The lowest BCUT2D eigenvalue weighted by Crippen LogP contribution is -2.14. The fourth-order valence-electron chi connectivity index (χ4n) is 3.33. The quantitative estimate of drug-likeness (QED) is 0.327. The van der Waals surface area contributed by atoms with Crippen LogP contribution in [-0.4, -0.2) is 16.8 Å². The first kappa shape index (κ1) is 25.4. The van der Waals surface area contributed by atoms with Crippen molar-refractivity contribution in [2.45, 2.75) is 31.9 Å². The van der Waals surface area contributed by atoms with Gasteiger partial charge in [0.25, 0.3) is 0 Å². The lowest BCUT2D eigenvalue weighted by molar-refractivity contribution is -0.137. The molecule has 3 aromatic rings. The van der Waals surface area contributed by atoms with E-state index >= 15 is 0 Å². The van der Waals surface area contributed by atoms with Gasteiger partial charge in [0.15, 0.2) is 11.6 Å². The van der Waals surface area contributed by atoms with Crippen molar-refractivity contribution in [1.29, 1.82) is 0 Å². The topological polar surface area (TPSA) is 80.3 Å². The van der Waals surface area contributed by atoms with Gasteiger partial charge in [-0.05, 0) is 55.2 Å². The van der Waals surface area contributed by atoms with Crippen molar-refractivity contribution < 1.29 is 31.9 Å². The van der Waals surface area contributed by atoms with Crippen molar-refractivity contribution in [2.75, 3.05) is 10.6 Å². The van der Waals surface area contributed by atoms with Gasteiger partial charge in [-0.25, -0.2) is 9.37 Å². The van der Waals surface area contributed by atoms with Crippen LogP contribution in [0, 0.1) is 11.7 Å². The Morgan fingerprint density at radius 1 is 1.06 bits per heavy atom. The number of carbonyl (C=O) groups is 2. The summed E-state index contributed by atoms with van der Waals surface area (Å²) in [7, 11) is 0. The van der Waals surface area contributed by atoms with Crippen molar-refractivity contribution >= 4 is 34.9 Å². The Bertz CT molecular complexity index is 1300. The minimum atomic E-state index is -4.60. The molecule has 0 saturated heterocycles. The van der Waals surface area contributed by atoms with Gasteiger partial charge in [0.2, 0.25) is 11.8 Å². The van der Waals surface area contributed by atoms with E-state index in [0.29, 0.717) is 5.56 Å². The van der Waals surface area contributed by atoms with Gasteiger partial charge < -0.3 is 15.4 Å². The average Bonchev–Trinajstić information content (AvgIpc) is 3.66. The molecule has 1 heterocycles. The molecule has 1 aromatic heterocycles. The number of nitrogens with zero attached hydrogens (tertiary/aromatic N) is 1. The SMILES string of the molecule is O=C(CCc1ccc(Cl)c(C(F)(F)F)c1)Nc1ccc(Oc2ccnc(NC(=O)C3CC3)c2)c(F)c1. The van der Waals surface area contributed by atoms with E-state index in [0.717, 1.165) is 31.0 Å². The summed E-state index contributed by atoms with van der Waals surface area (Å²) in [4.78, 5) is 28.2. The van der Waals surface area contributed by atoms with Crippen LogP contribution in [0.3, 0.4) is 0 Å². The second-order valence-electron chi connectivity index (χ2n) is 8.25. The van der Waals surface area contributed by atoms with Crippen LogP contribution in [0.25, 0.3) is 0 Å². The van der Waals surface area contributed by atoms with Crippen LogP contribution >= 0.6 is 11.6 Å². The summed E-state index contributed by atoms with van der Waals surface area (Å²) in [5.41, 5.74) is -0.516. The van der Waals surface area contributed by atoms with E-state index < -0.39 is 28.5 Å². The number of rotatable bonds is 8. The van der Waals surface area contributed by atoms with Crippen LogP contribution in [-0.2, 0) is 22.2 Å². The third-order valence-corrected chi connectivity index (χ3v) is 5.68. The number of anilines is 2. The number of benzene rings is 2. The standard InChI is InChI=1S/C25H20ClF4N3O3/c26-19-6-1-14(11-18(19)25(28,29)30)2-8-23(34)32-16-5-7-21(20(27)12-16)36-17-9-10-31-22(13-17)33-24(35)15-3-4-15/h1,5-7,9-13,15H,2-4,8H2,(H,32,34)(H,31,33,35). The number of ether oxygens (including phenoxy) is 1. The number of alkyl halides is 3. The number of nitrogens with one attached hydrogen (secondary N) is 2. The maximum Gasteiger partial charge on any atom is 0.417 e. The molecule has 4 rings (SSSR count). The van der Waals surface area contributed by atoms with E-state index in [1.807, 2.05) is 0 Å². The summed E-state index contributed by atoms with van der Waals surface area (Å²) >= 11 is 5.61. The third-order valence-electron chi connectivity index (χ3n) is 5.35. The predicted octanol–water partition coefficient (Wildman–Crippen LogP) is 6.61. The summed E-state index contributed by atoms with van der Waals surface area (Å²) in [6.45, 7) is 0. The second-order valence-corrected chi connectivity index (χ2v) is 8.65. The monoisotopic (exact) mass is 521 g/mol. The first-order valence-corrected chi connectivity index (χ1v) is 11.4. The Labute approximate surface area is 208 Å². The first-order chi connectivity index (χ1) is 17.1. The summed E-state index contributed by atoms with van der Waals surface area (Å²) in [6, 6.07) is 10.2. The molecule has 2 N–H and O–H groups in total. The Morgan fingerprint density at radius 2 is 1.83 bits per heavy atom. The van der Waals surface area contributed by atoms with Gasteiger partial charge in [0.05, 0.1) is 10.6 Å². The highest BCUT2D eigenvalue weighted by molar-refractivity contribution is 6.31. The number of aryl methyl sites for hydroxylation is 1. The molecule has 1 aliphatic rings.